The van der Waals surface area contributed by atoms with Crippen LogP contribution in [0.5, 0.6) is 0 Å². The monoisotopic (exact) mass is 286 g/mol. The molecule has 0 radical (unpaired) electrons. The Labute approximate surface area is 123 Å². The van der Waals surface area contributed by atoms with Crippen LogP contribution < -0.4 is 0 Å². The largest absolute Gasteiger partial charge is 0.382 e. The fourth-order valence-corrected chi connectivity index (χ4v) is 2.19. The second-order valence-electron chi connectivity index (χ2n) is 3.16. The third-order valence-electron chi connectivity index (χ3n) is 1.93. The van der Waals surface area contributed by atoms with Crippen LogP contribution in [0.15, 0.2) is 35.2 Å². The first-order valence-corrected chi connectivity index (χ1v) is 8.13. The third kappa shape index (κ3) is 12.3. The van der Waals surface area contributed by atoms with Gasteiger partial charge in [0.05, 0.1) is 12.7 Å². The van der Waals surface area contributed by atoms with E-state index in [2.05, 4.69) is 12.1 Å². The van der Waals surface area contributed by atoms with Gasteiger partial charge in [-0.1, -0.05) is 45.9 Å². The van der Waals surface area contributed by atoms with Gasteiger partial charge in [0.1, 0.15) is 0 Å². The summed E-state index contributed by atoms with van der Waals surface area (Å²) in [6.07, 6.45) is 0.185. The molecular formula is C16H30O2S. The summed E-state index contributed by atoms with van der Waals surface area (Å²) in [5.74, 6) is 0.936. The van der Waals surface area contributed by atoms with Crippen molar-refractivity contribution in [3.05, 3.63) is 30.3 Å². The molecule has 0 fully saturated rings. The van der Waals surface area contributed by atoms with Gasteiger partial charge in [0.25, 0.3) is 0 Å². The molecule has 0 saturated carbocycles. The SMILES string of the molecule is CC.CC.CCOC(COC)CSc1ccccc1. The second-order valence-corrected chi connectivity index (χ2v) is 4.25. The van der Waals surface area contributed by atoms with Gasteiger partial charge < -0.3 is 9.47 Å². The van der Waals surface area contributed by atoms with Crippen LogP contribution in [0.4, 0.5) is 0 Å². The standard InChI is InChI=1S/C12H18O2S.2C2H6/c1-3-14-11(9-13-2)10-15-12-7-5-4-6-8-12;2*1-2/h4-8,11H,3,9-10H2,1-2H3;2*1-2H3. The first-order valence-electron chi connectivity index (χ1n) is 7.15. The number of thioether (sulfide) groups is 1. The van der Waals surface area contributed by atoms with E-state index in [-0.39, 0.29) is 6.10 Å². The molecule has 112 valence electrons. The molecule has 0 bridgehead atoms. The van der Waals surface area contributed by atoms with Gasteiger partial charge >= 0.3 is 0 Å². The fourth-order valence-electron chi connectivity index (χ4n) is 1.27. The van der Waals surface area contributed by atoms with Crippen LogP contribution in [0, 0.1) is 0 Å². The van der Waals surface area contributed by atoms with Gasteiger partial charge in [-0.25, -0.2) is 0 Å². The van der Waals surface area contributed by atoms with Gasteiger partial charge in [-0.15, -0.1) is 11.8 Å². The minimum atomic E-state index is 0.185. The number of ether oxygens (including phenoxy) is 2. The number of benzene rings is 1. The molecule has 3 heteroatoms. The zero-order valence-electron chi connectivity index (χ0n) is 13.3. The Morgan fingerprint density at radius 3 is 2.11 bits per heavy atom. The van der Waals surface area contributed by atoms with Crippen molar-refractivity contribution in [2.45, 2.75) is 45.6 Å². The Morgan fingerprint density at radius 2 is 1.63 bits per heavy atom. The van der Waals surface area contributed by atoms with Crippen LogP contribution in [0.2, 0.25) is 0 Å². The molecule has 1 rings (SSSR count). The highest BCUT2D eigenvalue weighted by Crippen LogP contribution is 2.18. The molecule has 0 spiro atoms. The highest BCUT2D eigenvalue weighted by atomic mass is 32.2. The van der Waals surface area contributed by atoms with E-state index < -0.39 is 0 Å². The van der Waals surface area contributed by atoms with Crippen LogP contribution in [0.1, 0.15) is 34.6 Å². The topological polar surface area (TPSA) is 18.5 Å². The fraction of sp³-hybridized carbons (Fsp3) is 0.625. The minimum absolute atomic E-state index is 0.185. The Balaban J connectivity index is 0. The van der Waals surface area contributed by atoms with E-state index in [9.17, 15) is 0 Å². The highest BCUT2D eigenvalue weighted by Gasteiger charge is 2.08. The molecule has 0 aliphatic rings. The highest BCUT2D eigenvalue weighted by molar-refractivity contribution is 7.99. The number of methoxy groups -OCH3 is 1. The quantitative estimate of drug-likeness (QED) is 0.665. The van der Waals surface area contributed by atoms with E-state index in [4.69, 9.17) is 9.47 Å². The average molecular weight is 286 g/mol. The van der Waals surface area contributed by atoms with Crippen LogP contribution >= 0.6 is 11.8 Å². The zero-order chi connectivity index (χ0) is 14.9. The van der Waals surface area contributed by atoms with Crippen molar-refractivity contribution < 1.29 is 9.47 Å². The Hall–Kier alpha value is -0.510. The maximum absolute atomic E-state index is 5.56. The van der Waals surface area contributed by atoms with Crippen molar-refractivity contribution in [2.24, 2.45) is 0 Å². The molecule has 0 N–H and O–H groups in total. The number of hydrogen-bond donors (Lipinski definition) is 0. The lowest BCUT2D eigenvalue weighted by Gasteiger charge is -2.15. The summed E-state index contributed by atoms with van der Waals surface area (Å²) in [5.41, 5.74) is 0. The Kier molecular flexibility index (Phi) is 19.1. The third-order valence-corrected chi connectivity index (χ3v) is 3.08. The molecule has 0 heterocycles. The first-order chi connectivity index (χ1) is 9.36. The predicted molar refractivity (Wildman–Crippen MR) is 87.2 cm³/mol. The van der Waals surface area contributed by atoms with Crippen molar-refractivity contribution >= 4 is 11.8 Å². The van der Waals surface area contributed by atoms with E-state index in [0.29, 0.717) is 6.61 Å². The van der Waals surface area contributed by atoms with E-state index in [1.54, 1.807) is 18.9 Å². The average Bonchev–Trinajstić information content (AvgIpc) is 2.50. The summed E-state index contributed by atoms with van der Waals surface area (Å²) >= 11 is 1.80. The lowest BCUT2D eigenvalue weighted by molar-refractivity contribution is 0.0183. The first kappa shape index (κ1) is 20.8. The van der Waals surface area contributed by atoms with Gasteiger partial charge in [0, 0.05) is 24.4 Å². The van der Waals surface area contributed by atoms with E-state index in [0.717, 1.165) is 12.4 Å². The summed E-state index contributed by atoms with van der Waals surface area (Å²) < 4.78 is 10.7. The van der Waals surface area contributed by atoms with Gasteiger partial charge in [-0.05, 0) is 19.1 Å². The van der Waals surface area contributed by atoms with Gasteiger partial charge in [-0.2, -0.15) is 0 Å². The molecule has 0 aliphatic heterocycles. The molecule has 1 aromatic rings. The van der Waals surface area contributed by atoms with Crippen molar-refractivity contribution in [1.82, 2.24) is 0 Å². The number of hydrogen-bond acceptors (Lipinski definition) is 3. The normalized spacial score (nSPS) is 10.6. The number of rotatable bonds is 7. The molecule has 2 nitrogen and oxygen atoms in total. The van der Waals surface area contributed by atoms with Gasteiger partial charge in [-0.3, -0.25) is 0 Å². The smallest absolute Gasteiger partial charge is 0.0901 e. The second kappa shape index (κ2) is 17.5. The van der Waals surface area contributed by atoms with Crippen LogP contribution in [-0.4, -0.2) is 32.2 Å². The lowest BCUT2D eigenvalue weighted by Crippen LogP contribution is -2.21. The summed E-state index contributed by atoms with van der Waals surface area (Å²) in [6.45, 7) is 11.4. The van der Waals surface area contributed by atoms with Gasteiger partial charge in [0.2, 0.25) is 0 Å². The van der Waals surface area contributed by atoms with E-state index in [1.165, 1.54) is 4.90 Å². The predicted octanol–water partition coefficient (Wildman–Crippen LogP) is 4.88. The molecular weight excluding hydrogens is 256 g/mol. The molecule has 0 aromatic heterocycles. The zero-order valence-corrected chi connectivity index (χ0v) is 14.1. The molecule has 1 unspecified atom stereocenters. The Morgan fingerprint density at radius 1 is 1.05 bits per heavy atom. The van der Waals surface area contributed by atoms with Crippen molar-refractivity contribution in [2.75, 3.05) is 26.1 Å². The molecule has 0 amide bonds. The molecule has 0 saturated heterocycles. The molecule has 0 aliphatic carbocycles. The van der Waals surface area contributed by atoms with Crippen LogP contribution in [0.25, 0.3) is 0 Å². The molecule has 1 aromatic carbocycles. The van der Waals surface area contributed by atoms with Gasteiger partial charge in [0.15, 0.2) is 0 Å². The van der Waals surface area contributed by atoms with Crippen LogP contribution in [0.3, 0.4) is 0 Å². The van der Waals surface area contributed by atoms with E-state index >= 15 is 0 Å². The minimum Gasteiger partial charge on any atom is -0.382 e. The molecule has 1 atom stereocenters. The van der Waals surface area contributed by atoms with E-state index in [1.807, 2.05) is 52.8 Å². The summed E-state index contributed by atoms with van der Waals surface area (Å²) in [7, 11) is 1.71. The Bertz CT molecular complexity index is 246. The summed E-state index contributed by atoms with van der Waals surface area (Å²) in [5, 5.41) is 0. The summed E-state index contributed by atoms with van der Waals surface area (Å²) in [4.78, 5) is 1.28. The molecule has 19 heavy (non-hydrogen) atoms. The van der Waals surface area contributed by atoms with Crippen molar-refractivity contribution in [1.29, 1.82) is 0 Å². The maximum atomic E-state index is 5.56. The van der Waals surface area contributed by atoms with Crippen molar-refractivity contribution in [3.8, 4) is 0 Å². The maximum Gasteiger partial charge on any atom is 0.0901 e. The lowest BCUT2D eigenvalue weighted by atomic mass is 10.4. The van der Waals surface area contributed by atoms with Crippen LogP contribution in [-0.2, 0) is 9.47 Å². The summed E-state index contributed by atoms with van der Waals surface area (Å²) in [6, 6.07) is 10.4. The van der Waals surface area contributed by atoms with Crippen molar-refractivity contribution in [3.63, 3.8) is 0 Å².